The Morgan fingerprint density at radius 2 is 2.14 bits per heavy atom. The maximum Gasteiger partial charge on any atom is 0.339 e. The summed E-state index contributed by atoms with van der Waals surface area (Å²) in [6.45, 7) is 1.64. The number of nitrogens with zero attached hydrogens (tertiary/aromatic N) is 1. The summed E-state index contributed by atoms with van der Waals surface area (Å²) in [7, 11) is 1.21. The van der Waals surface area contributed by atoms with Gasteiger partial charge in [-0.3, -0.25) is 4.79 Å². The Morgan fingerprint density at radius 1 is 1.45 bits per heavy atom. The van der Waals surface area contributed by atoms with Gasteiger partial charge >= 0.3 is 11.5 Å². The zero-order chi connectivity index (χ0) is 16.4. The lowest BCUT2D eigenvalue weighted by Crippen LogP contribution is -2.27. The molecule has 116 valence electrons. The minimum atomic E-state index is -1.30. The van der Waals surface area contributed by atoms with Gasteiger partial charge in [0.1, 0.15) is 23.5 Å². The fraction of sp³-hybridized carbons (Fsp3) is 0.143. The van der Waals surface area contributed by atoms with Crippen LogP contribution in [0.1, 0.15) is 15.9 Å². The molecule has 1 aromatic carbocycles. The first kappa shape index (κ1) is 15.8. The Balaban J connectivity index is 2.61. The molecule has 0 bridgehead atoms. The smallest absolute Gasteiger partial charge is 0.339 e. The lowest BCUT2D eigenvalue weighted by atomic mass is 10.1. The maximum absolute atomic E-state index is 13.1. The van der Waals surface area contributed by atoms with Crippen molar-refractivity contribution >= 4 is 28.9 Å². The number of pyridine rings is 1. The number of aryl methyl sites for hydroxylation is 1. The van der Waals surface area contributed by atoms with Crippen molar-refractivity contribution in [1.29, 1.82) is 0 Å². The first-order valence-corrected chi connectivity index (χ1v) is 6.49. The second-order valence-corrected chi connectivity index (χ2v) is 4.81. The highest BCUT2D eigenvalue weighted by atomic mass is 35.5. The van der Waals surface area contributed by atoms with Crippen molar-refractivity contribution in [2.45, 2.75) is 6.92 Å². The van der Waals surface area contributed by atoms with Crippen molar-refractivity contribution in [2.75, 3.05) is 12.4 Å². The molecule has 2 aromatic rings. The molecule has 0 aliphatic carbocycles. The van der Waals surface area contributed by atoms with E-state index < -0.39 is 17.3 Å². The van der Waals surface area contributed by atoms with Crippen molar-refractivity contribution in [1.82, 2.24) is 4.73 Å². The van der Waals surface area contributed by atoms with Crippen LogP contribution < -0.4 is 15.7 Å². The van der Waals surface area contributed by atoms with Crippen LogP contribution in [0.4, 0.5) is 15.8 Å². The van der Waals surface area contributed by atoms with E-state index in [2.05, 4.69) is 5.32 Å². The average molecular weight is 327 g/mol. The monoisotopic (exact) mass is 326 g/mol. The molecule has 2 rings (SSSR count). The summed E-state index contributed by atoms with van der Waals surface area (Å²) in [5.74, 6) is -1.72. The van der Waals surface area contributed by atoms with Gasteiger partial charge in [-0.05, 0) is 30.7 Å². The Kier molecular flexibility index (Phi) is 4.37. The number of hydrogen-bond donors (Lipinski definition) is 2. The lowest BCUT2D eigenvalue weighted by molar-refractivity contribution is 0.0692. The molecule has 6 nitrogen and oxygen atoms in total. The molecular weight excluding hydrogens is 315 g/mol. The Hall–Kier alpha value is -2.54. The highest BCUT2D eigenvalue weighted by Crippen LogP contribution is 2.28. The second-order valence-electron chi connectivity index (χ2n) is 4.43. The van der Waals surface area contributed by atoms with E-state index in [9.17, 15) is 19.1 Å². The molecule has 0 unspecified atom stereocenters. The average Bonchev–Trinajstić information content (AvgIpc) is 2.46. The summed E-state index contributed by atoms with van der Waals surface area (Å²) in [6, 6.07) is 3.90. The molecule has 1 aromatic heterocycles. The first-order valence-electron chi connectivity index (χ1n) is 6.11. The predicted molar refractivity (Wildman–Crippen MR) is 79.6 cm³/mol. The Morgan fingerprint density at radius 3 is 2.68 bits per heavy atom. The van der Waals surface area contributed by atoms with Crippen LogP contribution in [0.15, 0.2) is 29.2 Å². The molecule has 0 saturated carbocycles. The van der Waals surface area contributed by atoms with E-state index in [1.54, 1.807) is 6.92 Å². The second kappa shape index (κ2) is 6.07. The number of carbonyl (C=O) groups is 1. The quantitative estimate of drug-likeness (QED) is 0.902. The van der Waals surface area contributed by atoms with Crippen LogP contribution in [0, 0.1) is 12.7 Å². The normalized spacial score (nSPS) is 10.4. The Bertz CT molecular complexity index is 804. The summed E-state index contributed by atoms with van der Waals surface area (Å²) >= 11 is 5.95. The number of benzene rings is 1. The van der Waals surface area contributed by atoms with Gasteiger partial charge in [0.25, 0.3) is 0 Å². The summed E-state index contributed by atoms with van der Waals surface area (Å²) in [6.07, 6.45) is 1.01. The number of aromatic nitrogens is 1. The molecule has 1 heterocycles. The molecule has 22 heavy (non-hydrogen) atoms. The summed E-state index contributed by atoms with van der Waals surface area (Å²) in [5, 5.41) is 11.7. The van der Waals surface area contributed by atoms with E-state index >= 15 is 0 Å². The van der Waals surface area contributed by atoms with Crippen molar-refractivity contribution in [2.24, 2.45) is 0 Å². The number of carboxylic acids is 1. The summed E-state index contributed by atoms with van der Waals surface area (Å²) in [4.78, 5) is 28.0. The minimum absolute atomic E-state index is 0.0813. The van der Waals surface area contributed by atoms with Crippen LogP contribution in [0.25, 0.3) is 0 Å². The minimum Gasteiger partial charge on any atom is -0.478 e. The van der Waals surface area contributed by atoms with Gasteiger partial charge in [-0.2, -0.15) is 4.73 Å². The highest BCUT2D eigenvalue weighted by Gasteiger charge is 2.20. The van der Waals surface area contributed by atoms with E-state index in [4.69, 9.17) is 16.4 Å². The van der Waals surface area contributed by atoms with Crippen LogP contribution >= 0.6 is 11.6 Å². The summed E-state index contributed by atoms with van der Waals surface area (Å²) < 4.78 is 13.8. The molecule has 8 heteroatoms. The van der Waals surface area contributed by atoms with E-state index in [0.29, 0.717) is 16.0 Å². The SMILES string of the molecule is COn1cc(C(=O)O)c(Nc2ccc(F)cc2C)c(Cl)c1=O. The molecule has 0 aliphatic heterocycles. The molecule has 0 fully saturated rings. The van der Waals surface area contributed by atoms with Crippen molar-refractivity contribution in [3.63, 3.8) is 0 Å². The number of hydrogen-bond acceptors (Lipinski definition) is 4. The van der Waals surface area contributed by atoms with Crippen LogP contribution in [0.2, 0.25) is 5.02 Å². The molecule has 0 atom stereocenters. The van der Waals surface area contributed by atoms with Gasteiger partial charge in [-0.25, -0.2) is 9.18 Å². The molecule has 0 saturated heterocycles. The zero-order valence-corrected chi connectivity index (χ0v) is 12.4. The predicted octanol–water partition coefficient (Wildman–Crippen LogP) is 2.45. The van der Waals surface area contributed by atoms with Crippen molar-refractivity contribution in [3.05, 3.63) is 56.7 Å². The molecule has 2 N–H and O–H groups in total. The van der Waals surface area contributed by atoms with Gasteiger partial charge in [0.2, 0.25) is 0 Å². The number of carboxylic acid groups (broad SMARTS) is 1. The molecular formula is C14H12ClFN2O4. The van der Waals surface area contributed by atoms with Gasteiger partial charge in [-0.15, -0.1) is 0 Å². The number of halogens is 2. The van der Waals surface area contributed by atoms with Gasteiger partial charge in [0.15, 0.2) is 0 Å². The number of anilines is 2. The number of rotatable bonds is 4. The van der Waals surface area contributed by atoms with E-state index in [-0.39, 0.29) is 16.3 Å². The highest BCUT2D eigenvalue weighted by molar-refractivity contribution is 6.34. The van der Waals surface area contributed by atoms with Gasteiger partial charge in [-0.1, -0.05) is 11.6 Å². The fourth-order valence-corrected chi connectivity index (χ4v) is 2.12. The Labute approximate surface area is 129 Å². The van der Waals surface area contributed by atoms with Crippen LogP contribution in [0.3, 0.4) is 0 Å². The third-order valence-corrected chi connectivity index (χ3v) is 3.35. The largest absolute Gasteiger partial charge is 0.478 e. The third kappa shape index (κ3) is 2.89. The van der Waals surface area contributed by atoms with Crippen LogP contribution in [-0.2, 0) is 0 Å². The zero-order valence-electron chi connectivity index (χ0n) is 11.7. The van der Waals surface area contributed by atoms with E-state index in [1.807, 2.05) is 0 Å². The van der Waals surface area contributed by atoms with Crippen LogP contribution in [0.5, 0.6) is 0 Å². The molecule has 0 amide bonds. The molecule has 0 radical (unpaired) electrons. The van der Waals surface area contributed by atoms with Crippen LogP contribution in [-0.4, -0.2) is 22.9 Å². The van der Waals surface area contributed by atoms with Gasteiger partial charge < -0.3 is 15.3 Å². The van der Waals surface area contributed by atoms with Crippen molar-refractivity contribution < 1.29 is 19.1 Å². The van der Waals surface area contributed by atoms with E-state index in [1.165, 1.54) is 25.3 Å². The lowest BCUT2D eigenvalue weighted by Gasteiger charge is -2.15. The van der Waals surface area contributed by atoms with Gasteiger partial charge in [0, 0.05) is 5.69 Å². The standard InChI is InChI=1S/C14H12ClFN2O4/c1-7-5-8(16)3-4-10(7)17-12-9(14(20)21)6-18(22-2)13(19)11(12)15/h3-6,17H,1-2H3,(H,20,21). The fourth-order valence-electron chi connectivity index (χ4n) is 1.88. The summed E-state index contributed by atoms with van der Waals surface area (Å²) in [5.41, 5.74) is -0.0857. The van der Waals surface area contributed by atoms with Crippen molar-refractivity contribution in [3.8, 4) is 0 Å². The van der Waals surface area contributed by atoms with Gasteiger partial charge in [0.05, 0.1) is 11.9 Å². The maximum atomic E-state index is 13.1. The topological polar surface area (TPSA) is 80.6 Å². The molecule has 0 spiro atoms. The number of nitrogens with one attached hydrogen (secondary N) is 1. The first-order chi connectivity index (χ1) is 10.3. The van der Waals surface area contributed by atoms with E-state index in [0.717, 1.165) is 6.20 Å². The molecule has 0 aliphatic rings. The number of aromatic carboxylic acids is 1. The third-order valence-electron chi connectivity index (χ3n) is 3.00.